The predicted molar refractivity (Wildman–Crippen MR) is 129 cm³/mol. The van der Waals surface area contributed by atoms with Crippen molar-refractivity contribution in [3.8, 4) is 0 Å². The summed E-state index contributed by atoms with van der Waals surface area (Å²) < 4.78 is 11.6. The maximum absolute atomic E-state index is 13.2. The first kappa shape index (κ1) is 21.5. The lowest BCUT2D eigenvalue weighted by Gasteiger charge is -2.20. The highest BCUT2D eigenvalue weighted by Crippen LogP contribution is 2.34. The van der Waals surface area contributed by atoms with Gasteiger partial charge >= 0.3 is 0 Å². The molecular weight excluding hydrogens is 432 g/mol. The van der Waals surface area contributed by atoms with E-state index >= 15 is 0 Å². The first-order chi connectivity index (χ1) is 16.5. The van der Waals surface area contributed by atoms with E-state index in [2.05, 4.69) is 10.4 Å². The molecule has 1 aliphatic rings. The number of hydrogen-bond acceptors (Lipinski definition) is 6. The summed E-state index contributed by atoms with van der Waals surface area (Å²) in [5.41, 5.74) is 2.79. The number of hydrazone groups is 1. The molecule has 0 bridgehead atoms. The number of hydrogen-bond donors (Lipinski definition) is 1. The van der Waals surface area contributed by atoms with Crippen LogP contribution in [0.25, 0.3) is 11.0 Å². The topological polar surface area (TPSA) is 91.3 Å². The van der Waals surface area contributed by atoms with Crippen LogP contribution in [-0.4, -0.2) is 48.1 Å². The average Bonchev–Trinajstić information content (AvgIpc) is 3.60. The van der Waals surface area contributed by atoms with Crippen molar-refractivity contribution < 1.29 is 18.4 Å². The lowest BCUT2D eigenvalue weighted by atomic mass is 10.1. The van der Waals surface area contributed by atoms with Crippen LogP contribution in [0.3, 0.4) is 0 Å². The molecule has 0 radical (unpaired) electrons. The molecule has 0 aliphatic carbocycles. The van der Waals surface area contributed by atoms with Gasteiger partial charge in [-0.05, 0) is 48.5 Å². The molecule has 0 unspecified atom stereocenters. The molecule has 8 nitrogen and oxygen atoms in total. The second-order valence-electron chi connectivity index (χ2n) is 8.30. The Balaban J connectivity index is 1.34. The molecule has 4 aromatic rings. The zero-order valence-electron chi connectivity index (χ0n) is 18.9. The average molecular weight is 457 g/mol. The Morgan fingerprint density at radius 2 is 1.88 bits per heavy atom. The van der Waals surface area contributed by atoms with Crippen LogP contribution in [0.15, 0.2) is 86.9 Å². The van der Waals surface area contributed by atoms with E-state index in [-0.39, 0.29) is 24.4 Å². The second-order valence-corrected chi connectivity index (χ2v) is 8.30. The molecule has 0 saturated carbocycles. The van der Waals surface area contributed by atoms with Crippen LogP contribution >= 0.6 is 0 Å². The first-order valence-corrected chi connectivity index (χ1v) is 11.0. The van der Waals surface area contributed by atoms with Gasteiger partial charge in [-0.25, -0.2) is 5.01 Å². The number of furan rings is 2. The predicted octanol–water partition coefficient (Wildman–Crippen LogP) is 4.52. The number of amides is 2. The maximum Gasteiger partial charge on any atom is 0.262 e. The van der Waals surface area contributed by atoms with Gasteiger partial charge in [-0.3, -0.25) is 9.59 Å². The van der Waals surface area contributed by atoms with Gasteiger partial charge < -0.3 is 19.1 Å². The van der Waals surface area contributed by atoms with E-state index in [0.717, 1.165) is 16.7 Å². The van der Waals surface area contributed by atoms with Crippen LogP contribution in [0.2, 0.25) is 0 Å². The molecule has 1 atom stereocenters. The number of nitrogens with zero attached hydrogens (tertiary/aromatic N) is 3. The SMILES string of the molecule is CN(C)C(=O)c1ccc(NCC(=O)N2N=C(c3cc4ccccc4o3)C[C@@H]2c2ccco2)cc1. The van der Waals surface area contributed by atoms with Gasteiger partial charge in [0.1, 0.15) is 23.1 Å². The molecule has 3 heterocycles. The van der Waals surface area contributed by atoms with E-state index in [1.165, 1.54) is 9.91 Å². The summed E-state index contributed by atoms with van der Waals surface area (Å²) in [6, 6.07) is 20.0. The summed E-state index contributed by atoms with van der Waals surface area (Å²) in [6.45, 7) is 0.0368. The van der Waals surface area contributed by atoms with Crippen molar-refractivity contribution in [1.82, 2.24) is 9.91 Å². The first-order valence-electron chi connectivity index (χ1n) is 11.0. The van der Waals surface area contributed by atoms with E-state index < -0.39 is 0 Å². The van der Waals surface area contributed by atoms with E-state index in [9.17, 15) is 9.59 Å². The molecule has 1 aliphatic heterocycles. The van der Waals surface area contributed by atoms with Gasteiger partial charge in [-0.15, -0.1) is 0 Å². The van der Waals surface area contributed by atoms with Crippen molar-refractivity contribution in [2.45, 2.75) is 12.5 Å². The van der Waals surface area contributed by atoms with Crippen molar-refractivity contribution >= 4 is 34.2 Å². The molecule has 0 spiro atoms. The number of fused-ring (bicyclic) bond motifs is 1. The van der Waals surface area contributed by atoms with Crippen LogP contribution < -0.4 is 5.32 Å². The van der Waals surface area contributed by atoms with Gasteiger partial charge in [-0.2, -0.15) is 5.10 Å². The summed E-state index contributed by atoms with van der Waals surface area (Å²) in [6.07, 6.45) is 2.08. The molecule has 34 heavy (non-hydrogen) atoms. The van der Waals surface area contributed by atoms with Crippen LogP contribution in [0.1, 0.15) is 34.3 Å². The van der Waals surface area contributed by atoms with Gasteiger partial charge in [0, 0.05) is 37.2 Å². The quantitative estimate of drug-likeness (QED) is 0.461. The Labute approximate surface area is 196 Å². The molecule has 0 saturated heterocycles. The maximum atomic E-state index is 13.2. The van der Waals surface area contributed by atoms with Gasteiger partial charge in [0.2, 0.25) is 0 Å². The summed E-state index contributed by atoms with van der Waals surface area (Å²) in [5, 5.41) is 10.2. The number of nitrogens with one attached hydrogen (secondary N) is 1. The van der Waals surface area contributed by atoms with Crippen molar-refractivity contribution in [3.05, 3.63) is 90.1 Å². The monoisotopic (exact) mass is 456 g/mol. The van der Waals surface area contributed by atoms with E-state index in [1.54, 1.807) is 50.7 Å². The smallest absolute Gasteiger partial charge is 0.262 e. The van der Waals surface area contributed by atoms with Gasteiger partial charge in [0.15, 0.2) is 5.76 Å². The fourth-order valence-electron chi connectivity index (χ4n) is 3.96. The molecule has 8 heteroatoms. The number of carbonyl (C=O) groups excluding carboxylic acids is 2. The fraction of sp³-hybridized carbons (Fsp3) is 0.192. The molecule has 2 amide bonds. The Morgan fingerprint density at radius 1 is 1.09 bits per heavy atom. The number of carbonyl (C=O) groups is 2. The van der Waals surface area contributed by atoms with Gasteiger partial charge in [-0.1, -0.05) is 18.2 Å². The molecule has 2 aromatic heterocycles. The summed E-state index contributed by atoms with van der Waals surface area (Å²) in [7, 11) is 3.41. The third kappa shape index (κ3) is 4.17. The van der Waals surface area contributed by atoms with Crippen molar-refractivity contribution in [2.75, 3.05) is 26.0 Å². The fourth-order valence-corrected chi connectivity index (χ4v) is 3.96. The van der Waals surface area contributed by atoms with Crippen molar-refractivity contribution in [1.29, 1.82) is 0 Å². The lowest BCUT2D eigenvalue weighted by molar-refractivity contribution is -0.131. The number of anilines is 1. The molecule has 172 valence electrons. The Morgan fingerprint density at radius 3 is 2.59 bits per heavy atom. The van der Waals surface area contributed by atoms with Crippen LogP contribution in [0.5, 0.6) is 0 Å². The Kier molecular flexibility index (Phi) is 5.63. The highest BCUT2D eigenvalue weighted by atomic mass is 16.3. The van der Waals surface area contributed by atoms with Gasteiger partial charge in [0.05, 0.1) is 12.8 Å². The normalized spacial score (nSPS) is 15.4. The lowest BCUT2D eigenvalue weighted by Crippen LogP contribution is -2.32. The molecular formula is C26H24N4O4. The molecule has 1 N–H and O–H groups in total. The Hall–Kier alpha value is -4.33. The van der Waals surface area contributed by atoms with Crippen LogP contribution in [0.4, 0.5) is 5.69 Å². The highest BCUT2D eigenvalue weighted by Gasteiger charge is 2.35. The van der Waals surface area contributed by atoms with Crippen molar-refractivity contribution in [2.24, 2.45) is 5.10 Å². The van der Waals surface area contributed by atoms with Crippen LogP contribution in [0, 0.1) is 0 Å². The zero-order valence-corrected chi connectivity index (χ0v) is 18.9. The summed E-state index contributed by atoms with van der Waals surface area (Å²) in [4.78, 5) is 26.7. The van der Waals surface area contributed by atoms with E-state index in [0.29, 0.717) is 29.2 Å². The van der Waals surface area contributed by atoms with Gasteiger partial charge in [0.25, 0.3) is 11.8 Å². The highest BCUT2D eigenvalue weighted by molar-refractivity contribution is 6.03. The minimum absolute atomic E-state index is 0.0368. The second kappa shape index (κ2) is 8.90. The minimum atomic E-state index is -0.354. The molecule has 2 aromatic carbocycles. The number of rotatable bonds is 6. The third-order valence-corrected chi connectivity index (χ3v) is 5.73. The van der Waals surface area contributed by atoms with Crippen molar-refractivity contribution in [3.63, 3.8) is 0 Å². The molecule has 5 rings (SSSR count). The van der Waals surface area contributed by atoms with E-state index in [4.69, 9.17) is 8.83 Å². The number of para-hydroxylation sites is 1. The number of benzene rings is 2. The van der Waals surface area contributed by atoms with Crippen LogP contribution in [-0.2, 0) is 4.79 Å². The summed E-state index contributed by atoms with van der Waals surface area (Å²) in [5.74, 6) is 1.02. The zero-order chi connectivity index (χ0) is 23.7. The van der Waals surface area contributed by atoms with E-state index in [1.807, 2.05) is 36.4 Å². The largest absolute Gasteiger partial charge is 0.467 e. The Bertz CT molecular complexity index is 1320. The molecule has 0 fully saturated rings. The standard InChI is InChI=1S/C26H24N4O4/c1-29(2)26(32)17-9-11-19(12-10-17)27-16-25(31)30-21(23-8-5-13-33-23)15-20(28-30)24-14-18-6-3-4-7-22(18)34-24/h3-14,21,27H,15-16H2,1-2H3/t21-/m1/s1. The minimum Gasteiger partial charge on any atom is -0.467 e. The summed E-state index contributed by atoms with van der Waals surface area (Å²) >= 11 is 0. The third-order valence-electron chi connectivity index (χ3n) is 5.73.